The Morgan fingerprint density at radius 1 is 1.38 bits per heavy atom. The average molecular weight is 289 g/mol. The van der Waals surface area contributed by atoms with Gasteiger partial charge in [-0.3, -0.25) is 4.79 Å². The first kappa shape index (κ1) is 14.6. The van der Waals surface area contributed by atoms with E-state index >= 15 is 0 Å². The summed E-state index contributed by atoms with van der Waals surface area (Å²) in [6.45, 7) is 1.94. The number of oxazole rings is 1. The fourth-order valence-corrected chi connectivity index (χ4v) is 1.75. The number of nitrogens with one attached hydrogen (secondary N) is 2. The number of anilines is 1. The van der Waals surface area contributed by atoms with E-state index in [1.165, 1.54) is 0 Å². The Morgan fingerprint density at radius 3 is 2.86 bits per heavy atom. The first-order valence-corrected chi connectivity index (χ1v) is 6.30. The molecule has 2 rings (SSSR count). The van der Waals surface area contributed by atoms with Gasteiger partial charge in [0.1, 0.15) is 5.76 Å². The Morgan fingerprint density at radius 2 is 2.19 bits per heavy atom. The van der Waals surface area contributed by atoms with Crippen molar-refractivity contribution >= 4 is 17.7 Å². The number of nitrogens with zero attached hydrogens (tertiary/aromatic N) is 1. The molecule has 7 nitrogen and oxygen atoms in total. The van der Waals surface area contributed by atoms with Gasteiger partial charge in [-0.2, -0.15) is 0 Å². The third-order valence-corrected chi connectivity index (χ3v) is 2.61. The van der Waals surface area contributed by atoms with Crippen molar-refractivity contribution in [3.63, 3.8) is 0 Å². The lowest BCUT2D eigenvalue weighted by Crippen LogP contribution is -2.28. The molecule has 21 heavy (non-hydrogen) atoms. The van der Waals surface area contributed by atoms with Crippen molar-refractivity contribution in [2.24, 2.45) is 0 Å². The minimum atomic E-state index is -0.920. The number of rotatable bonds is 5. The van der Waals surface area contributed by atoms with Gasteiger partial charge in [0.2, 0.25) is 5.89 Å². The van der Waals surface area contributed by atoms with Gasteiger partial charge >= 0.3 is 12.0 Å². The lowest BCUT2D eigenvalue weighted by molar-refractivity contribution is -0.136. The highest BCUT2D eigenvalue weighted by molar-refractivity contribution is 5.89. The summed E-state index contributed by atoms with van der Waals surface area (Å²) >= 11 is 0. The van der Waals surface area contributed by atoms with E-state index in [1.807, 2.05) is 0 Å². The van der Waals surface area contributed by atoms with Crippen LogP contribution in [0.1, 0.15) is 17.2 Å². The number of aliphatic carboxylic acids is 1. The van der Waals surface area contributed by atoms with Gasteiger partial charge in [0, 0.05) is 5.69 Å². The van der Waals surface area contributed by atoms with Crippen molar-refractivity contribution in [2.75, 3.05) is 5.32 Å². The lowest BCUT2D eigenvalue weighted by Gasteiger charge is -2.07. The summed E-state index contributed by atoms with van der Waals surface area (Å²) in [5, 5.41) is 14.0. The maximum atomic E-state index is 11.7. The number of urea groups is 1. The zero-order chi connectivity index (χ0) is 15.2. The molecule has 0 radical (unpaired) electrons. The quantitative estimate of drug-likeness (QED) is 0.780. The summed E-state index contributed by atoms with van der Waals surface area (Å²) in [6.07, 6.45) is 1.48. The second kappa shape index (κ2) is 6.56. The van der Waals surface area contributed by atoms with Crippen LogP contribution >= 0.6 is 0 Å². The van der Waals surface area contributed by atoms with E-state index in [4.69, 9.17) is 9.52 Å². The van der Waals surface area contributed by atoms with Crippen LogP contribution in [0.3, 0.4) is 0 Å². The highest BCUT2D eigenvalue weighted by atomic mass is 16.4. The summed E-state index contributed by atoms with van der Waals surface area (Å²) in [5.41, 5.74) is 1.14. The molecule has 0 saturated carbocycles. The monoisotopic (exact) mass is 289 g/mol. The molecule has 0 fully saturated rings. The number of carbonyl (C=O) groups is 2. The Balaban J connectivity index is 1.88. The largest absolute Gasteiger partial charge is 0.481 e. The standard InChI is InChI=1S/C14H15N3O4/c1-9-7-15-12(21-9)8-16-14(20)17-11-4-2-3-10(5-11)6-13(18)19/h2-5,7H,6,8H2,1H3,(H,18,19)(H2,16,17,20). The number of benzene rings is 1. The topological polar surface area (TPSA) is 104 Å². The lowest BCUT2D eigenvalue weighted by atomic mass is 10.1. The zero-order valence-electron chi connectivity index (χ0n) is 11.4. The first-order valence-electron chi connectivity index (χ1n) is 6.30. The van der Waals surface area contributed by atoms with Crippen LogP contribution in [-0.2, 0) is 17.8 Å². The molecule has 7 heteroatoms. The normalized spacial score (nSPS) is 10.1. The second-order valence-corrected chi connectivity index (χ2v) is 4.44. The smallest absolute Gasteiger partial charge is 0.319 e. The minimum Gasteiger partial charge on any atom is -0.481 e. The number of hydrogen-bond donors (Lipinski definition) is 3. The number of carboxylic acid groups (broad SMARTS) is 1. The zero-order valence-corrected chi connectivity index (χ0v) is 11.4. The van der Waals surface area contributed by atoms with Gasteiger partial charge in [-0.1, -0.05) is 12.1 Å². The van der Waals surface area contributed by atoms with Gasteiger partial charge in [-0.25, -0.2) is 9.78 Å². The predicted molar refractivity (Wildman–Crippen MR) is 74.9 cm³/mol. The van der Waals surface area contributed by atoms with E-state index in [-0.39, 0.29) is 13.0 Å². The molecule has 0 saturated heterocycles. The number of hydrogen-bond acceptors (Lipinski definition) is 4. The molecule has 3 N–H and O–H groups in total. The van der Waals surface area contributed by atoms with Crippen LogP contribution in [0.25, 0.3) is 0 Å². The molecular weight excluding hydrogens is 274 g/mol. The van der Waals surface area contributed by atoms with Crippen LogP contribution < -0.4 is 10.6 Å². The molecule has 0 aliphatic heterocycles. The van der Waals surface area contributed by atoms with Gasteiger partial charge < -0.3 is 20.2 Å². The molecule has 1 aromatic carbocycles. The van der Waals surface area contributed by atoms with Gasteiger partial charge in [0.15, 0.2) is 0 Å². The molecule has 0 atom stereocenters. The number of amides is 2. The molecule has 2 amide bonds. The maximum absolute atomic E-state index is 11.7. The SMILES string of the molecule is Cc1cnc(CNC(=O)Nc2cccc(CC(=O)O)c2)o1. The van der Waals surface area contributed by atoms with Gasteiger partial charge in [0.05, 0.1) is 19.2 Å². The van der Waals surface area contributed by atoms with Crippen molar-refractivity contribution in [3.8, 4) is 0 Å². The van der Waals surface area contributed by atoms with E-state index in [0.29, 0.717) is 22.9 Å². The average Bonchev–Trinajstić information content (AvgIpc) is 2.82. The molecule has 1 heterocycles. The van der Waals surface area contributed by atoms with Crippen molar-refractivity contribution in [2.45, 2.75) is 19.9 Å². The Hall–Kier alpha value is -2.83. The number of carbonyl (C=O) groups excluding carboxylic acids is 1. The first-order chi connectivity index (χ1) is 10.0. The Kier molecular flexibility index (Phi) is 4.55. The van der Waals surface area contributed by atoms with Crippen molar-refractivity contribution in [1.29, 1.82) is 0 Å². The van der Waals surface area contributed by atoms with Crippen LogP contribution in [0.4, 0.5) is 10.5 Å². The van der Waals surface area contributed by atoms with Crippen LogP contribution in [0.15, 0.2) is 34.9 Å². The second-order valence-electron chi connectivity index (χ2n) is 4.44. The molecule has 0 aliphatic carbocycles. The van der Waals surface area contributed by atoms with Crippen molar-refractivity contribution < 1.29 is 19.1 Å². The summed E-state index contributed by atoms with van der Waals surface area (Å²) in [5.74, 6) is 0.173. The van der Waals surface area contributed by atoms with Crippen molar-refractivity contribution in [1.82, 2.24) is 10.3 Å². The minimum absolute atomic E-state index is 0.0905. The van der Waals surface area contributed by atoms with Crippen LogP contribution in [0, 0.1) is 6.92 Å². The van der Waals surface area contributed by atoms with E-state index in [2.05, 4.69) is 15.6 Å². The summed E-state index contributed by atoms with van der Waals surface area (Å²) in [7, 11) is 0. The molecule has 0 aliphatic rings. The molecular formula is C14H15N3O4. The number of aromatic nitrogens is 1. The van der Waals surface area contributed by atoms with Gasteiger partial charge in [-0.15, -0.1) is 0 Å². The van der Waals surface area contributed by atoms with E-state index < -0.39 is 12.0 Å². The van der Waals surface area contributed by atoms with Crippen LogP contribution in [0.2, 0.25) is 0 Å². The van der Waals surface area contributed by atoms with Crippen LogP contribution in [-0.4, -0.2) is 22.1 Å². The van der Waals surface area contributed by atoms with E-state index in [1.54, 1.807) is 37.4 Å². The van der Waals surface area contributed by atoms with Crippen molar-refractivity contribution in [3.05, 3.63) is 47.7 Å². The van der Waals surface area contributed by atoms with Gasteiger partial charge in [-0.05, 0) is 24.6 Å². The molecule has 1 aromatic heterocycles. The molecule has 2 aromatic rings. The molecule has 0 bridgehead atoms. The third kappa shape index (κ3) is 4.64. The highest BCUT2D eigenvalue weighted by Crippen LogP contribution is 2.11. The summed E-state index contributed by atoms with van der Waals surface area (Å²) in [4.78, 5) is 26.3. The number of carboxylic acids is 1. The third-order valence-electron chi connectivity index (χ3n) is 2.61. The maximum Gasteiger partial charge on any atom is 0.319 e. The molecule has 0 spiro atoms. The summed E-state index contributed by atoms with van der Waals surface area (Å²) in [6, 6.07) is 6.25. The summed E-state index contributed by atoms with van der Waals surface area (Å²) < 4.78 is 5.23. The van der Waals surface area contributed by atoms with Gasteiger partial charge in [0.25, 0.3) is 0 Å². The van der Waals surface area contributed by atoms with E-state index in [0.717, 1.165) is 0 Å². The Labute approximate surface area is 121 Å². The highest BCUT2D eigenvalue weighted by Gasteiger charge is 2.06. The molecule has 0 unspecified atom stereocenters. The van der Waals surface area contributed by atoms with Crippen LogP contribution in [0.5, 0.6) is 0 Å². The number of aryl methyl sites for hydroxylation is 1. The van der Waals surface area contributed by atoms with E-state index in [9.17, 15) is 9.59 Å². The predicted octanol–water partition coefficient (Wildman–Crippen LogP) is 1.93. The fourth-order valence-electron chi connectivity index (χ4n) is 1.75. The Bertz CT molecular complexity index is 651. The molecule has 110 valence electrons. The fraction of sp³-hybridized carbons (Fsp3) is 0.214.